The Morgan fingerprint density at radius 2 is 2.05 bits per heavy atom. The number of aromatic nitrogens is 1. The molecule has 1 aliphatic rings. The van der Waals surface area contributed by atoms with Crippen LogP contribution in [0.1, 0.15) is 24.3 Å². The van der Waals surface area contributed by atoms with Gasteiger partial charge in [-0.2, -0.15) is 5.26 Å². The zero-order valence-corrected chi connectivity index (χ0v) is 12.5. The van der Waals surface area contributed by atoms with Crippen LogP contribution in [0.15, 0.2) is 29.8 Å². The minimum atomic E-state index is 0.137. The molecule has 0 atom stereocenters. The Bertz CT molecular complexity index is 746. The van der Waals surface area contributed by atoms with Crippen molar-refractivity contribution in [1.29, 1.82) is 10.5 Å². The molecule has 0 amide bonds. The van der Waals surface area contributed by atoms with Crippen molar-refractivity contribution < 1.29 is 0 Å². The fraction of sp³-hybridized carbons (Fsp3) is 0.312. The minimum Gasteiger partial charge on any atom is -0.235 e. The molecule has 3 rings (SSSR count). The molecule has 3 nitrogen and oxygen atoms in total. The third kappa shape index (κ3) is 2.84. The Kier molecular flexibility index (Phi) is 4.04. The number of benzene rings is 1. The van der Waals surface area contributed by atoms with E-state index >= 15 is 0 Å². The van der Waals surface area contributed by atoms with Gasteiger partial charge >= 0.3 is 0 Å². The minimum absolute atomic E-state index is 0.137. The molecular formula is C16H14BN3S. The van der Waals surface area contributed by atoms with Gasteiger partial charge in [-0.1, -0.05) is 36.8 Å². The normalized spacial score (nSPS) is 17.9. The molecule has 2 heterocycles. The topological polar surface area (TPSA) is 60.5 Å². The molecule has 0 bridgehead atoms. The van der Waals surface area contributed by atoms with Gasteiger partial charge in [0.05, 0.1) is 15.8 Å². The van der Waals surface area contributed by atoms with Crippen LogP contribution in [0.5, 0.6) is 0 Å². The summed E-state index contributed by atoms with van der Waals surface area (Å²) in [6, 6.07) is 10.3. The Labute approximate surface area is 128 Å². The SMILES string of the molecule is N#CB1CCC/C(=C(/C#N)c2nc3ccccc3s2)CC1. The zero-order chi connectivity index (χ0) is 14.7. The predicted molar refractivity (Wildman–Crippen MR) is 87.0 cm³/mol. The highest BCUT2D eigenvalue weighted by atomic mass is 32.1. The summed E-state index contributed by atoms with van der Waals surface area (Å²) in [6.07, 6.45) is 4.55. The number of para-hydroxylation sites is 1. The summed E-state index contributed by atoms with van der Waals surface area (Å²) >= 11 is 1.58. The highest BCUT2D eigenvalue weighted by molar-refractivity contribution is 7.19. The first-order chi connectivity index (χ1) is 10.3. The molecular weight excluding hydrogens is 277 g/mol. The summed E-state index contributed by atoms with van der Waals surface area (Å²) in [4.78, 5) is 4.60. The maximum Gasteiger partial charge on any atom is 0.268 e. The van der Waals surface area contributed by atoms with Gasteiger partial charge in [-0.3, -0.25) is 0 Å². The largest absolute Gasteiger partial charge is 0.268 e. The standard InChI is InChI=1S/C16H14BN3S/c18-10-13(12-4-3-8-17(11-19)9-7-12)16-20-14-5-1-2-6-15(14)21-16/h1-2,5-6H,3-4,7-9H2/b13-12+. The average molecular weight is 291 g/mol. The molecule has 0 radical (unpaired) electrons. The van der Waals surface area contributed by atoms with Crippen molar-refractivity contribution in [1.82, 2.24) is 4.98 Å². The molecule has 0 saturated carbocycles. The van der Waals surface area contributed by atoms with Gasteiger partial charge < -0.3 is 0 Å². The van der Waals surface area contributed by atoms with Gasteiger partial charge in [-0.25, -0.2) is 10.2 Å². The third-order valence-corrected chi connectivity index (χ3v) is 5.04. The number of fused-ring (bicyclic) bond motifs is 1. The zero-order valence-electron chi connectivity index (χ0n) is 11.7. The lowest BCUT2D eigenvalue weighted by atomic mass is 9.46. The van der Waals surface area contributed by atoms with Gasteiger partial charge in [-0.05, 0) is 25.0 Å². The Balaban J connectivity index is 1.99. The van der Waals surface area contributed by atoms with Gasteiger partial charge in [0.1, 0.15) is 11.1 Å². The summed E-state index contributed by atoms with van der Waals surface area (Å²) in [7, 11) is 0. The van der Waals surface area contributed by atoms with Crippen molar-refractivity contribution in [3.63, 3.8) is 0 Å². The van der Waals surface area contributed by atoms with Crippen LogP contribution >= 0.6 is 11.3 Å². The molecule has 2 aromatic rings. The van der Waals surface area contributed by atoms with E-state index in [2.05, 4.69) is 17.0 Å². The maximum atomic E-state index is 9.57. The second-order valence-electron chi connectivity index (χ2n) is 5.33. The second-order valence-corrected chi connectivity index (χ2v) is 6.36. The van der Waals surface area contributed by atoms with Crippen molar-refractivity contribution in [3.05, 3.63) is 34.8 Å². The first kappa shape index (κ1) is 13.9. The van der Waals surface area contributed by atoms with Crippen LogP contribution in [0.25, 0.3) is 15.8 Å². The van der Waals surface area contributed by atoms with E-state index in [0.29, 0.717) is 0 Å². The van der Waals surface area contributed by atoms with Crippen LogP contribution < -0.4 is 0 Å². The van der Waals surface area contributed by atoms with E-state index in [9.17, 15) is 5.26 Å². The van der Waals surface area contributed by atoms with E-state index in [0.717, 1.165) is 52.7 Å². The maximum absolute atomic E-state index is 9.57. The lowest BCUT2D eigenvalue weighted by Gasteiger charge is -2.04. The molecule has 1 saturated heterocycles. The monoisotopic (exact) mass is 291 g/mol. The number of nitrogens with zero attached hydrogens (tertiary/aromatic N) is 3. The van der Waals surface area contributed by atoms with Gasteiger partial charge in [0.25, 0.3) is 6.71 Å². The first-order valence-corrected chi connectivity index (χ1v) is 8.01. The van der Waals surface area contributed by atoms with Gasteiger partial charge in [0, 0.05) is 5.97 Å². The number of nitriles is 2. The van der Waals surface area contributed by atoms with Crippen molar-refractivity contribution in [2.75, 3.05) is 0 Å². The lowest BCUT2D eigenvalue weighted by Crippen LogP contribution is -2.06. The van der Waals surface area contributed by atoms with E-state index in [1.807, 2.05) is 24.3 Å². The van der Waals surface area contributed by atoms with Crippen molar-refractivity contribution in [2.45, 2.75) is 31.9 Å². The number of hydrogen-bond donors (Lipinski definition) is 0. The molecule has 1 fully saturated rings. The quantitative estimate of drug-likeness (QED) is 0.581. The molecule has 1 aromatic heterocycles. The Morgan fingerprint density at radius 1 is 1.19 bits per heavy atom. The van der Waals surface area contributed by atoms with Crippen LogP contribution in [0.3, 0.4) is 0 Å². The third-order valence-electron chi connectivity index (χ3n) is 3.98. The van der Waals surface area contributed by atoms with E-state index in [-0.39, 0.29) is 6.71 Å². The average Bonchev–Trinajstić information content (AvgIpc) is 2.79. The smallest absolute Gasteiger partial charge is 0.235 e. The molecule has 5 heteroatoms. The summed E-state index contributed by atoms with van der Waals surface area (Å²) in [5, 5.41) is 19.5. The van der Waals surface area contributed by atoms with E-state index in [4.69, 9.17) is 5.26 Å². The Morgan fingerprint density at radius 3 is 2.81 bits per heavy atom. The van der Waals surface area contributed by atoms with Crippen LogP contribution in [-0.4, -0.2) is 11.7 Å². The molecule has 1 aromatic carbocycles. The summed E-state index contributed by atoms with van der Waals surface area (Å²) < 4.78 is 1.12. The predicted octanol–water partition coefficient (Wildman–Crippen LogP) is 4.31. The van der Waals surface area contributed by atoms with Crippen LogP contribution in [0, 0.1) is 22.6 Å². The Hall–Kier alpha value is -2.11. The fourth-order valence-electron chi connectivity index (χ4n) is 2.82. The molecule has 0 N–H and O–H groups in total. The molecule has 0 spiro atoms. The second kappa shape index (κ2) is 6.12. The number of allylic oxidation sites excluding steroid dienone is 2. The van der Waals surface area contributed by atoms with Gasteiger partial charge in [0.15, 0.2) is 0 Å². The molecule has 1 aliphatic heterocycles. The summed E-state index contributed by atoms with van der Waals surface area (Å²) in [5.74, 6) is 2.36. The molecule has 0 unspecified atom stereocenters. The lowest BCUT2D eigenvalue weighted by molar-refractivity contribution is 0.885. The van der Waals surface area contributed by atoms with Gasteiger partial charge in [-0.15, -0.1) is 11.3 Å². The number of hydrogen-bond acceptors (Lipinski definition) is 4. The highest BCUT2D eigenvalue weighted by Gasteiger charge is 2.21. The molecule has 0 aliphatic carbocycles. The van der Waals surface area contributed by atoms with Crippen molar-refractivity contribution in [2.24, 2.45) is 0 Å². The van der Waals surface area contributed by atoms with Crippen molar-refractivity contribution in [3.8, 4) is 12.0 Å². The number of thiazole rings is 1. The summed E-state index contributed by atoms with van der Waals surface area (Å²) in [5.41, 5.74) is 2.86. The number of rotatable bonds is 1. The fourth-order valence-corrected chi connectivity index (χ4v) is 3.83. The summed E-state index contributed by atoms with van der Waals surface area (Å²) in [6.45, 7) is 0.137. The van der Waals surface area contributed by atoms with E-state index < -0.39 is 0 Å². The highest BCUT2D eigenvalue weighted by Crippen LogP contribution is 2.33. The van der Waals surface area contributed by atoms with Crippen LogP contribution in [0.4, 0.5) is 0 Å². The van der Waals surface area contributed by atoms with Gasteiger partial charge in [0.2, 0.25) is 0 Å². The van der Waals surface area contributed by atoms with E-state index in [1.165, 1.54) is 5.57 Å². The van der Waals surface area contributed by atoms with Crippen LogP contribution in [0.2, 0.25) is 12.6 Å². The van der Waals surface area contributed by atoms with E-state index in [1.54, 1.807) is 11.3 Å². The molecule has 21 heavy (non-hydrogen) atoms. The first-order valence-electron chi connectivity index (χ1n) is 7.19. The van der Waals surface area contributed by atoms with Crippen molar-refractivity contribution >= 4 is 33.8 Å². The van der Waals surface area contributed by atoms with Crippen LogP contribution in [-0.2, 0) is 0 Å². The molecule has 102 valence electrons.